The second-order valence-corrected chi connectivity index (χ2v) is 7.73. The fraction of sp³-hybridized carbons (Fsp3) is 0.412. The third-order valence-electron chi connectivity index (χ3n) is 4.16. The van der Waals surface area contributed by atoms with Gasteiger partial charge in [-0.2, -0.15) is 9.29 Å². The van der Waals surface area contributed by atoms with Crippen molar-refractivity contribution in [3.8, 4) is 11.8 Å². The molecule has 134 valence electrons. The largest absolute Gasteiger partial charge is 0.480 e. The zero-order valence-electron chi connectivity index (χ0n) is 14.3. The van der Waals surface area contributed by atoms with E-state index in [1.807, 2.05) is 19.1 Å². The van der Waals surface area contributed by atoms with Crippen molar-refractivity contribution >= 4 is 10.0 Å². The van der Waals surface area contributed by atoms with E-state index in [-0.39, 0.29) is 12.6 Å². The number of sulfonamides is 1. The average molecular weight is 363 g/mol. The van der Waals surface area contributed by atoms with Gasteiger partial charge >= 0.3 is 0 Å². The molecule has 0 spiro atoms. The van der Waals surface area contributed by atoms with Gasteiger partial charge in [0.15, 0.2) is 0 Å². The quantitative estimate of drug-likeness (QED) is 0.780. The van der Waals surface area contributed by atoms with Crippen molar-refractivity contribution in [2.75, 3.05) is 20.2 Å². The standard InChI is InChI=1S/C17H21N3O4S/c1-3-13-4-6-15(7-5-13)25(21,22)20-9-8-14(12-20)24-17-11-18-10-16(19-17)23-2/h4-7,10-11,14H,3,8-9,12H2,1-2H3. The van der Waals surface area contributed by atoms with Crippen LogP contribution in [-0.4, -0.2) is 49.0 Å². The maximum Gasteiger partial charge on any atom is 0.243 e. The van der Waals surface area contributed by atoms with Gasteiger partial charge < -0.3 is 9.47 Å². The summed E-state index contributed by atoms with van der Waals surface area (Å²) in [6, 6.07) is 7.03. The molecular formula is C17H21N3O4S. The van der Waals surface area contributed by atoms with Crippen LogP contribution in [0.5, 0.6) is 11.8 Å². The van der Waals surface area contributed by atoms with Crippen molar-refractivity contribution in [2.24, 2.45) is 0 Å². The Labute approximate surface area is 147 Å². The van der Waals surface area contributed by atoms with E-state index < -0.39 is 10.0 Å². The summed E-state index contributed by atoms with van der Waals surface area (Å²) in [7, 11) is -2.01. The molecule has 8 heteroatoms. The van der Waals surface area contributed by atoms with Gasteiger partial charge in [-0.3, -0.25) is 4.98 Å². The fourth-order valence-electron chi connectivity index (χ4n) is 2.72. The Hall–Kier alpha value is -2.19. The number of rotatable bonds is 6. The van der Waals surface area contributed by atoms with Crippen LogP contribution in [0.2, 0.25) is 0 Å². The molecule has 1 fully saturated rings. The molecule has 0 amide bonds. The van der Waals surface area contributed by atoms with Crippen LogP contribution in [0.4, 0.5) is 0 Å². The molecule has 1 aliphatic heterocycles. The molecule has 7 nitrogen and oxygen atoms in total. The number of ether oxygens (including phenoxy) is 2. The minimum Gasteiger partial charge on any atom is -0.480 e. The summed E-state index contributed by atoms with van der Waals surface area (Å²) in [6.07, 6.45) is 4.19. The molecule has 0 aliphatic carbocycles. The summed E-state index contributed by atoms with van der Waals surface area (Å²) in [4.78, 5) is 8.44. The smallest absolute Gasteiger partial charge is 0.243 e. The lowest BCUT2D eigenvalue weighted by Gasteiger charge is -2.17. The zero-order chi connectivity index (χ0) is 17.9. The topological polar surface area (TPSA) is 81.6 Å². The van der Waals surface area contributed by atoms with Gasteiger partial charge in [0.1, 0.15) is 6.10 Å². The highest BCUT2D eigenvalue weighted by Gasteiger charge is 2.33. The first kappa shape index (κ1) is 17.6. The SMILES string of the molecule is CCc1ccc(S(=O)(=O)N2CCC(Oc3cncc(OC)n3)C2)cc1. The molecule has 2 heterocycles. The lowest BCUT2D eigenvalue weighted by Crippen LogP contribution is -2.31. The van der Waals surface area contributed by atoms with Crippen LogP contribution in [0, 0.1) is 0 Å². The highest BCUT2D eigenvalue weighted by molar-refractivity contribution is 7.89. The van der Waals surface area contributed by atoms with Crippen LogP contribution in [0.3, 0.4) is 0 Å². The van der Waals surface area contributed by atoms with Crippen molar-refractivity contribution in [2.45, 2.75) is 30.8 Å². The first-order valence-corrected chi connectivity index (χ1v) is 9.58. The van der Waals surface area contributed by atoms with Crippen molar-refractivity contribution in [1.82, 2.24) is 14.3 Å². The number of benzene rings is 1. The summed E-state index contributed by atoms with van der Waals surface area (Å²) in [5.74, 6) is 0.687. The highest BCUT2D eigenvalue weighted by Crippen LogP contribution is 2.24. The molecule has 25 heavy (non-hydrogen) atoms. The third-order valence-corrected chi connectivity index (χ3v) is 6.04. The number of hydrogen-bond donors (Lipinski definition) is 0. The number of aromatic nitrogens is 2. The van der Waals surface area contributed by atoms with E-state index in [1.165, 1.54) is 23.8 Å². The Balaban J connectivity index is 1.68. The Morgan fingerprint density at radius 3 is 2.60 bits per heavy atom. The Morgan fingerprint density at radius 2 is 1.92 bits per heavy atom. The third kappa shape index (κ3) is 3.91. The summed E-state index contributed by atoms with van der Waals surface area (Å²) in [5, 5.41) is 0. The zero-order valence-corrected chi connectivity index (χ0v) is 15.1. The normalized spacial score (nSPS) is 18.2. The monoisotopic (exact) mass is 363 g/mol. The van der Waals surface area contributed by atoms with Gasteiger partial charge in [0.25, 0.3) is 0 Å². The Bertz CT molecular complexity index is 824. The minimum absolute atomic E-state index is 0.258. The average Bonchev–Trinajstić information content (AvgIpc) is 3.11. The van der Waals surface area contributed by atoms with Gasteiger partial charge in [0.2, 0.25) is 21.8 Å². The molecule has 1 atom stereocenters. The molecule has 0 bridgehead atoms. The molecule has 3 rings (SSSR count). The van der Waals surface area contributed by atoms with Gasteiger partial charge in [-0.1, -0.05) is 19.1 Å². The number of aryl methyl sites for hydroxylation is 1. The Kier molecular flexibility index (Phi) is 5.19. The lowest BCUT2D eigenvalue weighted by molar-refractivity contribution is 0.203. The van der Waals surface area contributed by atoms with Crippen LogP contribution in [0.1, 0.15) is 18.9 Å². The summed E-state index contributed by atoms with van der Waals surface area (Å²) >= 11 is 0. The van der Waals surface area contributed by atoms with Gasteiger partial charge in [-0.25, -0.2) is 8.42 Å². The van der Waals surface area contributed by atoms with Crippen molar-refractivity contribution < 1.29 is 17.9 Å². The fourth-order valence-corrected chi connectivity index (χ4v) is 4.20. The van der Waals surface area contributed by atoms with Crippen molar-refractivity contribution in [1.29, 1.82) is 0 Å². The molecule has 2 aromatic rings. The van der Waals surface area contributed by atoms with Gasteiger partial charge in [-0.05, 0) is 30.5 Å². The second kappa shape index (κ2) is 7.37. The van der Waals surface area contributed by atoms with E-state index >= 15 is 0 Å². The summed E-state index contributed by atoms with van der Waals surface area (Å²) in [5.41, 5.74) is 1.11. The van der Waals surface area contributed by atoms with Gasteiger partial charge in [-0.15, -0.1) is 0 Å². The van der Waals surface area contributed by atoms with E-state index in [1.54, 1.807) is 12.1 Å². The summed E-state index contributed by atoms with van der Waals surface area (Å²) < 4.78 is 37.7. The van der Waals surface area contributed by atoms with E-state index in [2.05, 4.69) is 9.97 Å². The van der Waals surface area contributed by atoms with Gasteiger partial charge in [0, 0.05) is 6.54 Å². The molecular weight excluding hydrogens is 342 g/mol. The predicted octanol–water partition coefficient (Wildman–Crippen LogP) is 1.89. The van der Waals surface area contributed by atoms with E-state index in [4.69, 9.17) is 9.47 Å². The second-order valence-electron chi connectivity index (χ2n) is 5.79. The Morgan fingerprint density at radius 1 is 1.20 bits per heavy atom. The molecule has 0 radical (unpaired) electrons. The lowest BCUT2D eigenvalue weighted by atomic mass is 10.2. The van der Waals surface area contributed by atoms with E-state index in [0.29, 0.717) is 29.6 Å². The molecule has 0 saturated carbocycles. The molecule has 1 aromatic carbocycles. The molecule has 1 saturated heterocycles. The van der Waals surface area contributed by atoms with Crippen LogP contribution in [0.15, 0.2) is 41.6 Å². The number of nitrogens with zero attached hydrogens (tertiary/aromatic N) is 3. The highest BCUT2D eigenvalue weighted by atomic mass is 32.2. The number of methoxy groups -OCH3 is 1. The predicted molar refractivity (Wildman–Crippen MR) is 92.2 cm³/mol. The number of hydrogen-bond acceptors (Lipinski definition) is 6. The first-order valence-electron chi connectivity index (χ1n) is 8.14. The first-order chi connectivity index (χ1) is 12.0. The van der Waals surface area contributed by atoms with Crippen LogP contribution >= 0.6 is 0 Å². The van der Waals surface area contributed by atoms with Crippen molar-refractivity contribution in [3.63, 3.8) is 0 Å². The van der Waals surface area contributed by atoms with Gasteiger partial charge in [0.05, 0.1) is 30.9 Å². The molecule has 1 aromatic heterocycles. The molecule has 0 N–H and O–H groups in total. The maximum atomic E-state index is 12.8. The molecule has 1 aliphatic rings. The van der Waals surface area contributed by atoms with Crippen LogP contribution in [0.25, 0.3) is 0 Å². The van der Waals surface area contributed by atoms with E-state index in [0.717, 1.165) is 12.0 Å². The molecule has 1 unspecified atom stereocenters. The van der Waals surface area contributed by atoms with E-state index in [9.17, 15) is 8.42 Å². The van der Waals surface area contributed by atoms with Crippen LogP contribution in [-0.2, 0) is 16.4 Å². The van der Waals surface area contributed by atoms with Crippen molar-refractivity contribution in [3.05, 3.63) is 42.2 Å². The van der Waals surface area contributed by atoms with Crippen LogP contribution < -0.4 is 9.47 Å². The minimum atomic E-state index is -3.51. The maximum absolute atomic E-state index is 12.8. The summed E-state index contributed by atoms with van der Waals surface area (Å²) in [6.45, 7) is 2.74.